The summed E-state index contributed by atoms with van der Waals surface area (Å²) in [6.45, 7) is 1.26. The topological polar surface area (TPSA) is 104 Å². The number of carbonyl (C=O) groups is 3. The average Bonchev–Trinajstić information content (AvgIpc) is 2.19. The number of nitrogens with one attached hydrogen (secondary N) is 1. The lowest BCUT2D eigenvalue weighted by atomic mass is 10.1. The predicted octanol–water partition coefficient (Wildman–Crippen LogP) is 1.80. The van der Waals surface area contributed by atoms with E-state index in [0.717, 1.165) is 12.1 Å². The second-order valence-corrected chi connectivity index (χ2v) is 4.02. The maximum Gasteiger partial charge on any atom is 0.336 e. The minimum absolute atomic E-state index is 0.208. The second kappa shape index (κ2) is 4.96. The van der Waals surface area contributed by atoms with Gasteiger partial charge in [0.15, 0.2) is 0 Å². The summed E-state index contributed by atoms with van der Waals surface area (Å²) in [7, 11) is 0. The monoisotopic (exact) mass is 301 g/mol. The van der Waals surface area contributed by atoms with Crippen molar-refractivity contribution in [2.24, 2.45) is 0 Å². The van der Waals surface area contributed by atoms with Crippen LogP contribution < -0.4 is 5.32 Å². The first-order chi connectivity index (χ1) is 7.82. The van der Waals surface area contributed by atoms with Crippen molar-refractivity contribution < 1.29 is 24.6 Å². The van der Waals surface area contributed by atoms with Gasteiger partial charge in [0.25, 0.3) is 0 Å². The zero-order valence-corrected chi connectivity index (χ0v) is 10.2. The molecule has 0 fully saturated rings. The summed E-state index contributed by atoms with van der Waals surface area (Å²) in [4.78, 5) is 32.6. The Morgan fingerprint density at radius 1 is 1.12 bits per heavy atom. The molecule has 0 atom stereocenters. The molecule has 0 saturated carbocycles. The van der Waals surface area contributed by atoms with Crippen LogP contribution in [0.15, 0.2) is 16.6 Å². The summed E-state index contributed by atoms with van der Waals surface area (Å²) in [5.41, 5.74) is -0.525. The Kier molecular flexibility index (Phi) is 3.84. The molecule has 17 heavy (non-hydrogen) atoms. The molecule has 0 heterocycles. The number of hydrogen-bond acceptors (Lipinski definition) is 3. The van der Waals surface area contributed by atoms with Gasteiger partial charge in [0.2, 0.25) is 5.91 Å². The lowest BCUT2D eigenvalue weighted by Crippen LogP contribution is -2.12. The lowest BCUT2D eigenvalue weighted by Gasteiger charge is -2.09. The van der Waals surface area contributed by atoms with Crippen molar-refractivity contribution in [3.8, 4) is 0 Å². The van der Waals surface area contributed by atoms with E-state index in [9.17, 15) is 14.4 Å². The molecule has 0 spiro atoms. The van der Waals surface area contributed by atoms with Gasteiger partial charge >= 0.3 is 11.9 Å². The van der Waals surface area contributed by atoms with E-state index >= 15 is 0 Å². The van der Waals surface area contributed by atoms with Crippen LogP contribution in [0.3, 0.4) is 0 Å². The highest BCUT2D eigenvalue weighted by Gasteiger charge is 2.19. The molecule has 6 nitrogen and oxygen atoms in total. The summed E-state index contributed by atoms with van der Waals surface area (Å²) in [5, 5.41) is 20.1. The van der Waals surface area contributed by atoms with E-state index in [-0.39, 0.29) is 22.7 Å². The number of anilines is 1. The number of aromatic carboxylic acids is 2. The third-order valence-electron chi connectivity index (χ3n) is 1.88. The molecular weight excluding hydrogens is 294 g/mol. The molecule has 0 aromatic heterocycles. The normalized spacial score (nSPS) is 9.76. The minimum Gasteiger partial charge on any atom is -0.478 e. The van der Waals surface area contributed by atoms with E-state index in [1.165, 1.54) is 6.92 Å². The number of carboxylic acids is 2. The van der Waals surface area contributed by atoms with Gasteiger partial charge in [-0.05, 0) is 28.1 Å². The van der Waals surface area contributed by atoms with Gasteiger partial charge in [0.05, 0.1) is 16.8 Å². The Hall–Kier alpha value is -1.89. The van der Waals surface area contributed by atoms with Crippen LogP contribution in [0, 0.1) is 0 Å². The first kappa shape index (κ1) is 13.2. The van der Waals surface area contributed by atoms with Crippen molar-refractivity contribution in [1.29, 1.82) is 0 Å². The standard InChI is InChI=1S/C10H8BrNO5/c1-4(13)12-8-3-6(10(16)17)5(9(14)15)2-7(8)11/h2-3H,1H3,(H,12,13)(H,14,15)(H,16,17). The van der Waals surface area contributed by atoms with Gasteiger partial charge in [-0.3, -0.25) is 4.79 Å². The summed E-state index contributed by atoms with van der Waals surface area (Å²) in [6, 6.07) is 2.23. The van der Waals surface area contributed by atoms with E-state index in [4.69, 9.17) is 10.2 Å². The van der Waals surface area contributed by atoms with Crippen molar-refractivity contribution in [2.75, 3.05) is 5.32 Å². The lowest BCUT2D eigenvalue weighted by molar-refractivity contribution is -0.114. The average molecular weight is 302 g/mol. The molecule has 0 aliphatic carbocycles. The van der Waals surface area contributed by atoms with Crippen molar-refractivity contribution in [2.45, 2.75) is 6.92 Å². The van der Waals surface area contributed by atoms with E-state index in [1.54, 1.807) is 0 Å². The molecule has 0 radical (unpaired) electrons. The van der Waals surface area contributed by atoms with Gasteiger partial charge < -0.3 is 15.5 Å². The van der Waals surface area contributed by atoms with Crippen LogP contribution in [0.25, 0.3) is 0 Å². The van der Waals surface area contributed by atoms with Crippen molar-refractivity contribution in [1.82, 2.24) is 0 Å². The molecule has 1 aromatic carbocycles. The Morgan fingerprint density at radius 3 is 2.00 bits per heavy atom. The number of carbonyl (C=O) groups excluding carboxylic acids is 1. The number of benzene rings is 1. The van der Waals surface area contributed by atoms with Crippen molar-refractivity contribution >= 4 is 39.5 Å². The SMILES string of the molecule is CC(=O)Nc1cc(C(=O)O)c(C(=O)O)cc1Br. The molecule has 7 heteroatoms. The third kappa shape index (κ3) is 3.04. The Labute approximate surface area is 104 Å². The van der Waals surface area contributed by atoms with E-state index in [1.807, 2.05) is 0 Å². The van der Waals surface area contributed by atoms with Crippen LogP contribution in [0.5, 0.6) is 0 Å². The summed E-state index contributed by atoms with van der Waals surface area (Å²) in [6.07, 6.45) is 0. The van der Waals surface area contributed by atoms with Crippen LogP contribution >= 0.6 is 15.9 Å². The third-order valence-corrected chi connectivity index (χ3v) is 2.53. The van der Waals surface area contributed by atoms with Gasteiger partial charge in [-0.2, -0.15) is 0 Å². The van der Waals surface area contributed by atoms with E-state index in [2.05, 4.69) is 21.2 Å². The first-order valence-corrected chi connectivity index (χ1v) is 5.20. The zero-order valence-electron chi connectivity index (χ0n) is 8.65. The molecule has 1 aromatic rings. The van der Waals surface area contributed by atoms with Gasteiger partial charge in [-0.1, -0.05) is 0 Å². The maximum atomic E-state index is 10.9. The molecule has 0 saturated heterocycles. The summed E-state index contributed by atoms with van der Waals surface area (Å²) >= 11 is 3.06. The molecule has 90 valence electrons. The number of hydrogen-bond donors (Lipinski definition) is 3. The zero-order chi connectivity index (χ0) is 13.2. The van der Waals surface area contributed by atoms with Crippen LogP contribution in [-0.2, 0) is 4.79 Å². The molecule has 0 bridgehead atoms. The van der Waals surface area contributed by atoms with E-state index < -0.39 is 11.9 Å². The van der Waals surface area contributed by atoms with Crippen LogP contribution in [0.1, 0.15) is 27.6 Å². The molecule has 1 rings (SSSR count). The number of halogens is 1. The van der Waals surface area contributed by atoms with Gasteiger partial charge in [0.1, 0.15) is 0 Å². The van der Waals surface area contributed by atoms with Crippen molar-refractivity contribution in [3.05, 3.63) is 27.7 Å². The van der Waals surface area contributed by atoms with Crippen LogP contribution in [-0.4, -0.2) is 28.1 Å². The number of carboxylic acid groups (broad SMARTS) is 2. The molecule has 1 amide bonds. The van der Waals surface area contributed by atoms with Crippen LogP contribution in [0.2, 0.25) is 0 Å². The fourth-order valence-electron chi connectivity index (χ4n) is 1.21. The Balaban J connectivity index is 3.39. The largest absolute Gasteiger partial charge is 0.478 e. The van der Waals surface area contributed by atoms with Gasteiger partial charge in [0, 0.05) is 11.4 Å². The Bertz CT molecular complexity index is 512. The summed E-state index contributed by atoms with van der Waals surface area (Å²) in [5.74, 6) is -3.11. The molecule has 0 unspecified atom stereocenters. The number of rotatable bonds is 3. The van der Waals surface area contributed by atoms with E-state index in [0.29, 0.717) is 4.47 Å². The molecular formula is C10H8BrNO5. The smallest absolute Gasteiger partial charge is 0.336 e. The maximum absolute atomic E-state index is 10.9. The van der Waals surface area contributed by atoms with Gasteiger partial charge in [-0.15, -0.1) is 0 Å². The quantitative estimate of drug-likeness (QED) is 0.790. The molecule has 3 N–H and O–H groups in total. The fraction of sp³-hybridized carbons (Fsp3) is 0.100. The highest BCUT2D eigenvalue weighted by atomic mass is 79.9. The number of amides is 1. The first-order valence-electron chi connectivity index (χ1n) is 4.40. The minimum atomic E-state index is -1.37. The fourth-order valence-corrected chi connectivity index (χ4v) is 1.66. The molecule has 0 aliphatic heterocycles. The second-order valence-electron chi connectivity index (χ2n) is 3.17. The highest BCUT2D eigenvalue weighted by Crippen LogP contribution is 2.27. The Morgan fingerprint density at radius 2 is 1.59 bits per heavy atom. The predicted molar refractivity (Wildman–Crippen MR) is 62.4 cm³/mol. The summed E-state index contributed by atoms with van der Waals surface area (Å²) < 4.78 is 0.301. The van der Waals surface area contributed by atoms with Crippen LogP contribution in [0.4, 0.5) is 5.69 Å². The van der Waals surface area contributed by atoms with Crippen molar-refractivity contribution in [3.63, 3.8) is 0 Å². The van der Waals surface area contributed by atoms with Gasteiger partial charge in [-0.25, -0.2) is 9.59 Å². The molecule has 0 aliphatic rings. The highest BCUT2D eigenvalue weighted by molar-refractivity contribution is 9.10.